The van der Waals surface area contributed by atoms with Crippen LogP contribution in [0.15, 0.2) is 23.1 Å². The molecule has 27 heavy (non-hydrogen) atoms. The smallest absolute Gasteiger partial charge is 0.393 e. The lowest BCUT2D eigenvalue weighted by Gasteiger charge is -2.33. The fraction of sp³-hybridized carbons (Fsp3) is 0.588. The third-order valence-electron chi connectivity index (χ3n) is 4.77. The third-order valence-corrected chi connectivity index (χ3v) is 6.31. The minimum Gasteiger partial charge on any atom is -0.495 e. The molecule has 1 N–H and O–H groups in total. The molecule has 1 aromatic rings. The molecule has 0 spiro atoms. The van der Waals surface area contributed by atoms with E-state index in [-0.39, 0.29) is 41.6 Å². The van der Waals surface area contributed by atoms with E-state index < -0.39 is 34.6 Å². The Hall–Kier alpha value is -1.81. The Morgan fingerprint density at radius 2 is 1.96 bits per heavy atom. The van der Waals surface area contributed by atoms with Crippen molar-refractivity contribution in [3.8, 4) is 5.75 Å². The van der Waals surface area contributed by atoms with Gasteiger partial charge in [0.25, 0.3) is 5.91 Å². The number of hydrogen-bond acceptors (Lipinski definition) is 4. The van der Waals surface area contributed by atoms with Gasteiger partial charge in [-0.05, 0) is 43.9 Å². The molecular formula is C17H21F3N2O4S. The van der Waals surface area contributed by atoms with Crippen LogP contribution >= 0.6 is 0 Å². The van der Waals surface area contributed by atoms with Crippen molar-refractivity contribution in [3.63, 3.8) is 0 Å². The average molecular weight is 406 g/mol. The summed E-state index contributed by atoms with van der Waals surface area (Å²) < 4.78 is 71.6. The molecule has 0 aromatic heterocycles. The van der Waals surface area contributed by atoms with Crippen molar-refractivity contribution < 1.29 is 31.1 Å². The summed E-state index contributed by atoms with van der Waals surface area (Å²) in [5.41, 5.74) is 0.0230. The largest absolute Gasteiger partial charge is 0.495 e. The van der Waals surface area contributed by atoms with Gasteiger partial charge >= 0.3 is 6.18 Å². The Labute approximate surface area is 155 Å². The van der Waals surface area contributed by atoms with Gasteiger partial charge in [-0.3, -0.25) is 4.79 Å². The lowest BCUT2D eigenvalue weighted by Crippen LogP contribution is -2.44. The highest BCUT2D eigenvalue weighted by Crippen LogP contribution is 2.34. The predicted octanol–water partition coefficient (Wildman–Crippen LogP) is 2.55. The molecule has 6 nitrogen and oxygen atoms in total. The fourth-order valence-corrected chi connectivity index (χ4v) is 4.62. The van der Waals surface area contributed by atoms with Crippen molar-refractivity contribution >= 4 is 15.9 Å². The zero-order chi connectivity index (χ0) is 19.8. The van der Waals surface area contributed by atoms with Crippen LogP contribution in [0.3, 0.4) is 0 Å². The molecule has 10 heteroatoms. The van der Waals surface area contributed by atoms with E-state index in [1.807, 2.05) is 0 Å². The molecule has 1 unspecified atom stereocenters. The first-order valence-corrected chi connectivity index (χ1v) is 10.2. The van der Waals surface area contributed by atoms with Gasteiger partial charge in [0, 0.05) is 24.7 Å². The third kappa shape index (κ3) is 4.55. The van der Waals surface area contributed by atoms with Gasteiger partial charge in [-0.2, -0.15) is 13.2 Å². The van der Waals surface area contributed by atoms with Crippen LogP contribution in [0.25, 0.3) is 0 Å². The number of amides is 1. The summed E-state index contributed by atoms with van der Waals surface area (Å²) in [5, 5.41) is 0. The van der Waals surface area contributed by atoms with Gasteiger partial charge in [-0.1, -0.05) is 0 Å². The van der Waals surface area contributed by atoms with E-state index in [4.69, 9.17) is 4.74 Å². The second-order valence-electron chi connectivity index (χ2n) is 6.89. The molecule has 1 aliphatic carbocycles. The molecule has 1 aromatic carbocycles. The molecule has 150 valence electrons. The predicted molar refractivity (Wildman–Crippen MR) is 91.0 cm³/mol. The van der Waals surface area contributed by atoms with E-state index in [0.717, 1.165) is 17.7 Å². The van der Waals surface area contributed by atoms with Crippen molar-refractivity contribution in [2.24, 2.45) is 5.92 Å². The second kappa shape index (κ2) is 7.31. The van der Waals surface area contributed by atoms with E-state index >= 15 is 0 Å². The SMILES string of the molecule is COc1ccc(C(=O)N2CCCC(C(F)(F)F)C2)cc1S(=O)(=O)NC1CC1. The van der Waals surface area contributed by atoms with E-state index in [2.05, 4.69) is 4.72 Å². The maximum Gasteiger partial charge on any atom is 0.393 e. The topological polar surface area (TPSA) is 75.7 Å². The normalized spacial score (nSPS) is 21.2. The Bertz CT molecular complexity index is 822. The van der Waals surface area contributed by atoms with Crippen LogP contribution in [-0.2, 0) is 10.0 Å². The van der Waals surface area contributed by atoms with Crippen LogP contribution in [0.4, 0.5) is 13.2 Å². The highest BCUT2D eigenvalue weighted by Gasteiger charge is 2.43. The lowest BCUT2D eigenvalue weighted by molar-refractivity contribution is -0.184. The zero-order valence-electron chi connectivity index (χ0n) is 14.8. The Balaban J connectivity index is 1.86. The average Bonchev–Trinajstić information content (AvgIpc) is 3.43. The van der Waals surface area contributed by atoms with Gasteiger partial charge in [0.1, 0.15) is 10.6 Å². The standard InChI is InChI=1S/C17H21F3N2O4S/c1-26-14-7-4-11(9-15(14)27(24,25)21-13-5-6-13)16(23)22-8-2-3-12(10-22)17(18,19)20/h4,7,9,12-13,21H,2-3,5-6,8,10H2,1H3. The Morgan fingerprint density at radius 3 is 2.56 bits per heavy atom. The van der Waals surface area contributed by atoms with Gasteiger partial charge in [-0.25, -0.2) is 13.1 Å². The van der Waals surface area contributed by atoms with Crippen LogP contribution in [-0.4, -0.2) is 51.6 Å². The summed E-state index contributed by atoms with van der Waals surface area (Å²) in [5.74, 6) is -2.10. The number of alkyl halides is 3. The second-order valence-corrected chi connectivity index (χ2v) is 8.58. The number of hydrogen-bond donors (Lipinski definition) is 1. The molecule has 1 heterocycles. The van der Waals surface area contributed by atoms with Crippen LogP contribution in [0.1, 0.15) is 36.0 Å². The minimum absolute atomic E-state index is 0.0131. The van der Waals surface area contributed by atoms with E-state index in [1.54, 1.807) is 0 Å². The molecular weight excluding hydrogens is 385 g/mol. The fourth-order valence-electron chi connectivity index (χ4n) is 3.12. The van der Waals surface area contributed by atoms with Gasteiger partial charge in [0.05, 0.1) is 13.0 Å². The van der Waals surface area contributed by atoms with Crippen molar-refractivity contribution in [1.82, 2.24) is 9.62 Å². The summed E-state index contributed by atoms with van der Waals surface area (Å²) in [6.45, 7) is -0.212. The number of piperidine rings is 1. The van der Waals surface area contributed by atoms with Gasteiger partial charge in [-0.15, -0.1) is 0 Å². The summed E-state index contributed by atoms with van der Waals surface area (Å²) in [6, 6.07) is 3.76. The number of methoxy groups -OCH3 is 1. The number of benzene rings is 1. The number of carbonyl (C=O) groups excluding carboxylic acids is 1. The highest BCUT2D eigenvalue weighted by atomic mass is 32.2. The first-order valence-electron chi connectivity index (χ1n) is 8.68. The number of carbonyl (C=O) groups is 1. The number of likely N-dealkylation sites (tertiary alicyclic amines) is 1. The van der Waals surface area contributed by atoms with Crippen molar-refractivity contribution in [2.75, 3.05) is 20.2 Å². The van der Waals surface area contributed by atoms with Gasteiger partial charge < -0.3 is 9.64 Å². The summed E-state index contributed by atoms with van der Waals surface area (Å²) in [4.78, 5) is 13.6. The Kier molecular flexibility index (Phi) is 5.40. The number of nitrogens with zero attached hydrogens (tertiary/aromatic N) is 1. The Morgan fingerprint density at radius 1 is 1.26 bits per heavy atom. The van der Waals surface area contributed by atoms with E-state index in [1.165, 1.54) is 25.3 Å². The van der Waals surface area contributed by atoms with Crippen molar-refractivity contribution in [1.29, 1.82) is 0 Å². The molecule has 1 saturated heterocycles. The molecule has 2 aliphatic rings. The molecule has 1 saturated carbocycles. The highest BCUT2D eigenvalue weighted by molar-refractivity contribution is 7.89. The van der Waals surface area contributed by atoms with E-state index in [9.17, 15) is 26.4 Å². The number of halogens is 3. The first kappa shape index (κ1) is 19.9. The number of sulfonamides is 1. The number of rotatable bonds is 5. The molecule has 0 radical (unpaired) electrons. The van der Waals surface area contributed by atoms with Crippen LogP contribution in [0.2, 0.25) is 0 Å². The van der Waals surface area contributed by atoms with E-state index in [0.29, 0.717) is 0 Å². The monoisotopic (exact) mass is 406 g/mol. The summed E-state index contributed by atoms with van der Waals surface area (Å²) in [7, 11) is -2.58. The van der Waals surface area contributed by atoms with Crippen LogP contribution in [0, 0.1) is 5.92 Å². The molecule has 3 rings (SSSR count). The summed E-state index contributed by atoms with van der Waals surface area (Å²) >= 11 is 0. The lowest BCUT2D eigenvalue weighted by atomic mass is 9.97. The molecule has 0 bridgehead atoms. The van der Waals surface area contributed by atoms with Crippen LogP contribution in [0.5, 0.6) is 5.75 Å². The van der Waals surface area contributed by atoms with Gasteiger partial charge in [0.15, 0.2) is 0 Å². The molecule has 1 aliphatic heterocycles. The quantitative estimate of drug-likeness (QED) is 0.816. The van der Waals surface area contributed by atoms with Crippen molar-refractivity contribution in [2.45, 2.75) is 42.8 Å². The number of nitrogens with one attached hydrogen (secondary N) is 1. The van der Waals surface area contributed by atoms with Crippen LogP contribution < -0.4 is 9.46 Å². The minimum atomic E-state index is -4.36. The summed E-state index contributed by atoms with van der Waals surface area (Å²) in [6.07, 6.45) is -2.64. The number of ether oxygens (including phenoxy) is 1. The maximum atomic E-state index is 13.0. The van der Waals surface area contributed by atoms with Gasteiger partial charge in [0.2, 0.25) is 10.0 Å². The first-order chi connectivity index (χ1) is 12.6. The molecule has 1 amide bonds. The molecule has 2 fully saturated rings. The maximum absolute atomic E-state index is 13.0. The van der Waals surface area contributed by atoms with Crippen molar-refractivity contribution in [3.05, 3.63) is 23.8 Å². The molecule has 1 atom stereocenters. The zero-order valence-corrected chi connectivity index (χ0v) is 15.6.